The molecule has 0 spiro atoms. The number of hydrogen-bond donors (Lipinski definition) is 1. The van der Waals surface area contributed by atoms with Gasteiger partial charge in [-0.1, -0.05) is 6.92 Å². The van der Waals surface area contributed by atoms with Gasteiger partial charge in [0.1, 0.15) is 0 Å². The molecular weight excluding hydrogens is 184 g/mol. The molecule has 3 atom stereocenters. The lowest BCUT2D eigenvalue weighted by Crippen LogP contribution is -2.45. The summed E-state index contributed by atoms with van der Waals surface area (Å²) in [5.41, 5.74) is 0. The van der Waals surface area contributed by atoms with Gasteiger partial charge in [0, 0.05) is 12.1 Å². The van der Waals surface area contributed by atoms with Crippen LogP contribution in [-0.4, -0.2) is 37.1 Å². The summed E-state index contributed by atoms with van der Waals surface area (Å²) in [6.07, 6.45) is 5.41. The molecule has 0 aromatic rings. The smallest absolute Gasteiger partial charge is 0.00722 e. The van der Waals surface area contributed by atoms with Crippen LogP contribution in [0.5, 0.6) is 0 Å². The van der Waals surface area contributed by atoms with Gasteiger partial charge in [-0.15, -0.1) is 0 Å². The molecule has 0 saturated carbocycles. The summed E-state index contributed by atoms with van der Waals surface area (Å²) in [5.74, 6) is 0.931. The maximum Gasteiger partial charge on any atom is 0.00722 e. The molecule has 0 amide bonds. The average molecular weight is 212 g/mol. The van der Waals surface area contributed by atoms with Crippen LogP contribution in [0, 0.1) is 5.92 Å². The Hall–Kier alpha value is -0.0800. The molecule has 2 heteroatoms. The largest absolute Gasteiger partial charge is 0.320 e. The molecule has 1 rings (SSSR count). The van der Waals surface area contributed by atoms with Crippen molar-refractivity contribution in [3.8, 4) is 0 Å². The van der Waals surface area contributed by atoms with Crippen LogP contribution in [0.3, 0.4) is 0 Å². The van der Waals surface area contributed by atoms with Gasteiger partial charge in [0.25, 0.3) is 0 Å². The van der Waals surface area contributed by atoms with Crippen LogP contribution in [0.1, 0.15) is 46.5 Å². The monoisotopic (exact) mass is 212 g/mol. The van der Waals surface area contributed by atoms with E-state index in [0.717, 1.165) is 24.5 Å². The average Bonchev–Trinajstić information content (AvgIpc) is 2.17. The van der Waals surface area contributed by atoms with E-state index in [4.69, 9.17) is 0 Å². The van der Waals surface area contributed by atoms with Crippen molar-refractivity contribution in [2.24, 2.45) is 5.92 Å². The van der Waals surface area contributed by atoms with Gasteiger partial charge in [-0.25, -0.2) is 0 Å². The van der Waals surface area contributed by atoms with Gasteiger partial charge in [0.15, 0.2) is 0 Å². The maximum atomic E-state index is 3.23. The fourth-order valence-corrected chi connectivity index (χ4v) is 2.82. The molecule has 0 bridgehead atoms. The summed E-state index contributed by atoms with van der Waals surface area (Å²) in [6, 6.07) is 1.55. The summed E-state index contributed by atoms with van der Waals surface area (Å²) in [7, 11) is 2.04. The first-order chi connectivity index (χ1) is 7.15. The number of piperidine rings is 1. The molecule has 0 aliphatic carbocycles. The second-order valence-corrected chi connectivity index (χ2v) is 5.31. The quantitative estimate of drug-likeness (QED) is 0.704. The molecule has 2 nitrogen and oxygen atoms in total. The Kier molecular flexibility index (Phi) is 5.62. The predicted molar refractivity (Wildman–Crippen MR) is 67.2 cm³/mol. The molecule has 1 saturated heterocycles. The van der Waals surface area contributed by atoms with Crippen LogP contribution in [0.15, 0.2) is 0 Å². The van der Waals surface area contributed by atoms with Crippen molar-refractivity contribution >= 4 is 0 Å². The number of likely N-dealkylation sites (tertiary alicyclic amines) is 1. The van der Waals surface area contributed by atoms with Gasteiger partial charge >= 0.3 is 0 Å². The lowest BCUT2D eigenvalue weighted by atomic mass is 9.91. The molecule has 1 N–H and O–H groups in total. The van der Waals surface area contributed by atoms with E-state index in [0.29, 0.717) is 0 Å². The maximum absolute atomic E-state index is 3.23. The molecule has 1 fully saturated rings. The van der Waals surface area contributed by atoms with Crippen molar-refractivity contribution < 1.29 is 0 Å². The van der Waals surface area contributed by atoms with Crippen molar-refractivity contribution in [3.05, 3.63) is 0 Å². The first-order valence-electron chi connectivity index (χ1n) is 6.55. The fraction of sp³-hybridized carbons (Fsp3) is 1.00. The standard InChI is InChI=1S/C13H28N2/c1-11-7-9-15(13(3)10-11)12(2)6-5-8-14-4/h11-14H,5-10H2,1-4H3. The van der Waals surface area contributed by atoms with Crippen molar-refractivity contribution in [1.29, 1.82) is 0 Å². The number of rotatable bonds is 5. The summed E-state index contributed by atoms with van der Waals surface area (Å²) in [4.78, 5) is 2.70. The van der Waals surface area contributed by atoms with E-state index in [-0.39, 0.29) is 0 Å². The Balaban J connectivity index is 2.28. The van der Waals surface area contributed by atoms with Gasteiger partial charge in [-0.2, -0.15) is 0 Å². The minimum atomic E-state index is 0.765. The number of hydrogen-bond acceptors (Lipinski definition) is 2. The summed E-state index contributed by atoms with van der Waals surface area (Å²) >= 11 is 0. The first-order valence-corrected chi connectivity index (χ1v) is 6.55. The van der Waals surface area contributed by atoms with E-state index in [1.54, 1.807) is 0 Å². The van der Waals surface area contributed by atoms with Gasteiger partial charge in [0.05, 0.1) is 0 Å². The first kappa shape index (κ1) is 13.0. The van der Waals surface area contributed by atoms with Crippen LogP contribution in [0.2, 0.25) is 0 Å². The molecule has 3 unspecified atom stereocenters. The number of nitrogens with one attached hydrogen (secondary N) is 1. The lowest BCUT2D eigenvalue weighted by Gasteiger charge is -2.40. The molecule has 0 aromatic heterocycles. The minimum Gasteiger partial charge on any atom is -0.320 e. The highest BCUT2D eigenvalue weighted by molar-refractivity contribution is 4.80. The Labute approximate surface area is 95.4 Å². The van der Waals surface area contributed by atoms with Crippen LogP contribution in [-0.2, 0) is 0 Å². The third-order valence-electron chi connectivity index (χ3n) is 3.80. The molecule has 1 heterocycles. The van der Waals surface area contributed by atoms with E-state index in [1.807, 2.05) is 7.05 Å². The SMILES string of the molecule is CNCCCC(C)N1CCC(C)CC1C. The normalized spacial score (nSPS) is 30.4. The number of nitrogens with zero attached hydrogens (tertiary/aromatic N) is 1. The van der Waals surface area contributed by atoms with E-state index in [9.17, 15) is 0 Å². The predicted octanol–water partition coefficient (Wildman–Crippen LogP) is 2.49. The van der Waals surface area contributed by atoms with Crippen molar-refractivity contribution in [1.82, 2.24) is 10.2 Å². The second kappa shape index (κ2) is 6.49. The van der Waals surface area contributed by atoms with Gasteiger partial charge in [-0.05, 0) is 65.6 Å². The molecule has 0 aromatic carbocycles. The molecular formula is C13H28N2. The lowest BCUT2D eigenvalue weighted by molar-refractivity contribution is 0.0845. The third-order valence-corrected chi connectivity index (χ3v) is 3.80. The third kappa shape index (κ3) is 4.12. The minimum absolute atomic E-state index is 0.765. The van der Waals surface area contributed by atoms with Gasteiger partial charge in [0.2, 0.25) is 0 Å². The summed E-state index contributed by atoms with van der Waals surface area (Å²) in [5, 5.41) is 3.23. The highest BCUT2D eigenvalue weighted by Crippen LogP contribution is 2.25. The zero-order chi connectivity index (χ0) is 11.3. The van der Waals surface area contributed by atoms with E-state index >= 15 is 0 Å². The van der Waals surface area contributed by atoms with E-state index in [1.165, 1.54) is 32.2 Å². The fourth-order valence-electron chi connectivity index (χ4n) is 2.82. The van der Waals surface area contributed by atoms with Crippen LogP contribution in [0.4, 0.5) is 0 Å². The van der Waals surface area contributed by atoms with Crippen molar-refractivity contribution in [2.75, 3.05) is 20.1 Å². The van der Waals surface area contributed by atoms with E-state index in [2.05, 4.69) is 31.0 Å². The van der Waals surface area contributed by atoms with Crippen molar-refractivity contribution in [2.45, 2.75) is 58.5 Å². The van der Waals surface area contributed by atoms with Crippen molar-refractivity contribution in [3.63, 3.8) is 0 Å². The van der Waals surface area contributed by atoms with Crippen LogP contribution >= 0.6 is 0 Å². The Morgan fingerprint density at radius 1 is 1.40 bits per heavy atom. The topological polar surface area (TPSA) is 15.3 Å². The Bertz CT molecular complexity index is 170. The molecule has 15 heavy (non-hydrogen) atoms. The molecule has 90 valence electrons. The van der Waals surface area contributed by atoms with Gasteiger partial charge in [-0.3, -0.25) is 4.90 Å². The highest BCUT2D eigenvalue weighted by Gasteiger charge is 2.25. The van der Waals surface area contributed by atoms with E-state index < -0.39 is 0 Å². The van der Waals surface area contributed by atoms with Crippen LogP contribution < -0.4 is 5.32 Å². The second-order valence-electron chi connectivity index (χ2n) is 5.31. The highest BCUT2D eigenvalue weighted by atomic mass is 15.2. The molecule has 1 aliphatic heterocycles. The zero-order valence-electron chi connectivity index (χ0n) is 10.9. The molecule has 1 aliphatic rings. The Morgan fingerprint density at radius 2 is 2.13 bits per heavy atom. The zero-order valence-corrected chi connectivity index (χ0v) is 10.9. The summed E-state index contributed by atoms with van der Waals surface area (Å²) < 4.78 is 0. The van der Waals surface area contributed by atoms with Crippen LogP contribution in [0.25, 0.3) is 0 Å². The van der Waals surface area contributed by atoms with Gasteiger partial charge < -0.3 is 5.32 Å². The molecule has 0 radical (unpaired) electrons. The Morgan fingerprint density at radius 3 is 2.73 bits per heavy atom. The summed E-state index contributed by atoms with van der Waals surface area (Å²) in [6.45, 7) is 9.64.